The van der Waals surface area contributed by atoms with Gasteiger partial charge in [0, 0.05) is 0 Å². The van der Waals surface area contributed by atoms with Crippen molar-refractivity contribution in [3.05, 3.63) is 36.1 Å². The van der Waals surface area contributed by atoms with Gasteiger partial charge in [-0.1, -0.05) is 18.7 Å². The fraction of sp³-hybridized carbons (Fsp3) is 0.300. The van der Waals surface area contributed by atoms with Gasteiger partial charge in [0.2, 0.25) is 0 Å². The highest BCUT2D eigenvalue weighted by Crippen LogP contribution is 2.00. The highest BCUT2D eigenvalue weighted by atomic mass is 16.5. The summed E-state index contributed by atoms with van der Waals surface area (Å²) in [6.45, 7) is 5.50. The fourth-order valence-electron chi connectivity index (χ4n) is 0.622. The Morgan fingerprint density at radius 3 is 2.57 bits per heavy atom. The Balaban J connectivity index is 4.25. The average Bonchev–Trinajstić information content (AvgIpc) is 2.17. The minimum atomic E-state index is -0.801. The number of primary amides is 1. The van der Waals surface area contributed by atoms with E-state index in [1.165, 1.54) is 0 Å². The highest BCUT2D eigenvalue weighted by molar-refractivity contribution is 5.64. The normalized spacial score (nSPS) is 12.1. The minimum absolute atomic E-state index is 0.117. The third kappa shape index (κ3) is 5.88. The van der Waals surface area contributed by atoms with Crippen LogP contribution in [0.15, 0.2) is 36.1 Å². The van der Waals surface area contributed by atoms with Crippen molar-refractivity contribution in [3.63, 3.8) is 0 Å². The van der Waals surface area contributed by atoms with Crippen molar-refractivity contribution >= 4 is 6.09 Å². The molecule has 0 heterocycles. The van der Waals surface area contributed by atoms with Crippen molar-refractivity contribution in [2.45, 2.75) is 6.92 Å². The molecule has 1 amide bonds. The lowest BCUT2D eigenvalue weighted by Crippen LogP contribution is -2.14. The first-order chi connectivity index (χ1) is 6.60. The zero-order valence-corrected chi connectivity index (χ0v) is 8.45. The van der Waals surface area contributed by atoms with Gasteiger partial charge >= 0.3 is 6.09 Å². The smallest absolute Gasteiger partial charge is 0.404 e. The summed E-state index contributed by atoms with van der Waals surface area (Å²) < 4.78 is 9.51. The summed E-state index contributed by atoms with van der Waals surface area (Å²) in [5.41, 5.74) is 5.56. The van der Waals surface area contributed by atoms with Gasteiger partial charge in [-0.25, -0.2) is 4.79 Å². The van der Waals surface area contributed by atoms with E-state index in [9.17, 15) is 4.79 Å². The zero-order valence-electron chi connectivity index (χ0n) is 8.45. The van der Waals surface area contributed by atoms with E-state index in [0.717, 1.165) is 11.3 Å². The lowest BCUT2D eigenvalue weighted by Gasteiger charge is -2.01. The number of ether oxygens (including phenoxy) is 2. The minimum Gasteiger partial charge on any atom is -0.501 e. The van der Waals surface area contributed by atoms with Crippen LogP contribution < -0.4 is 5.73 Å². The van der Waals surface area contributed by atoms with Gasteiger partial charge in [0.05, 0.1) is 12.9 Å². The summed E-state index contributed by atoms with van der Waals surface area (Å²) in [7, 11) is 1.58. The molecular weight excluding hydrogens is 182 g/mol. The summed E-state index contributed by atoms with van der Waals surface area (Å²) in [4.78, 5) is 10.3. The second-order valence-corrected chi connectivity index (χ2v) is 2.53. The summed E-state index contributed by atoms with van der Waals surface area (Å²) >= 11 is 0. The molecule has 0 aliphatic carbocycles. The molecule has 0 saturated carbocycles. The van der Waals surface area contributed by atoms with Gasteiger partial charge in [-0.2, -0.15) is 0 Å². The quantitative estimate of drug-likeness (QED) is 0.539. The van der Waals surface area contributed by atoms with Gasteiger partial charge in [0.1, 0.15) is 6.61 Å². The van der Waals surface area contributed by atoms with E-state index in [-0.39, 0.29) is 6.61 Å². The number of carbonyl (C=O) groups is 1. The monoisotopic (exact) mass is 197 g/mol. The van der Waals surface area contributed by atoms with E-state index in [1.807, 2.05) is 6.92 Å². The van der Waals surface area contributed by atoms with E-state index in [1.54, 1.807) is 25.3 Å². The van der Waals surface area contributed by atoms with Crippen LogP contribution >= 0.6 is 0 Å². The number of nitrogens with two attached hydrogens (primary N) is 1. The second kappa shape index (κ2) is 6.77. The molecule has 0 aromatic carbocycles. The van der Waals surface area contributed by atoms with Crippen LogP contribution in [-0.4, -0.2) is 19.8 Å². The maximum Gasteiger partial charge on any atom is 0.404 e. The molecule has 0 aromatic heterocycles. The Labute approximate surface area is 83.7 Å². The molecule has 4 heteroatoms. The molecule has 0 rings (SSSR count). The lowest BCUT2D eigenvalue weighted by molar-refractivity contribution is 0.167. The number of hydrogen-bond donors (Lipinski definition) is 1. The van der Waals surface area contributed by atoms with Crippen molar-refractivity contribution in [3.8, 4) is 0 Å². The van der Waals surface area contributed by atoms with Crippen LogP contribution in [0, 0.1) is 0 Å². The molecule has 0 saturated heterocycles. The van der Waals surface area contributed by atoms with E-state index in [2.05, 4.69) is 11.3 Å². The largest absolute Gasteiger partial charge is 0.501 e. The Kier molecular flexibility index (Phi) is 5.94. The molecule has 0 aromatic rings. The fourth-order valence-corrected chi connectivity index (χ4v) is 0.622. The van der Waals surface area contributed by atoms with Crippen molar-refractivity contribution in [1.82, 2.24) is 0 Å². The van der Waals surface area contributed by atoms with Gasteiger partial charge < -0.3 is 15.2 Å². The predicted octanol–water partition coefficient (Wildman–Crippen LogP) is 1.74. The molecule has 0 spiro atoms. The molecular formula is C10H15NO3. The first-order valence-electron chi connectivity index (χ1n) is 4.06. The van der Waals surface area contributed by atoms with E-state index in [4.69, 9.17) is 10.5 Å². The van der Waals surface area contributed by atoms with Crippen LogP contribution in [-0.2, 0) is 9.47 Å². The number of methoxy groups -OCH3 is 1. The Bertz CT molecular complexity index is 267. The topological polar surface area (TPSA) is 61.6 Å². The first kappa shape index (κ1) is 12.3. The van der Waals surface area contributed by atoms with Crippen LogP contribution in [0.1, 0.15) is 6.92 Å². The van der Waals surface area contributed by atoms with Crippen LogP contribution in [0.25, 0.3) is 0 Å². The molecule has 0 unspecified atom stereocenters. The highest BCUT2D eigenvalue weighted by Gasteiger charge is 1.95. The van der Waals surface area contributed by atoms with E-state index < -0.39 is 6.09 Å². The predicted molar refractivity (Wildman–Crippen MR) is 54.6 cm³/mol. The van der Waals surface area contributed by atoms with Crippen LogP contribution in [0.3, 0.4) is 0 Å². The third-order valence-corrected chi connectivity index (χ3v) is 1.50. The van der Waals surface area contributed by atoms with Crippen LogP contribution in [0.5, 0.6) is 0 Å². The second-order valence-electron chi connectivity index (χ2n) is 2.53. The molecule has 14 heavy (non-hydrogen) atoms. The molecule has 0 aliphatic heterocycles. The third-order valence-electron chi connectivity index (χ3n) is 1.50. The van der Waals surface area contributed by atoms with E-state index in [0.29, 0.717) is 0 Å². The van der Waals surface area contributed by atoms with Crippen molar-refractivity contribution < 1.29 is 14.3 Å². The molecule has 4 nitrogen and oxygen atoms in total. The SMILES string of the molecule is C=C/C(=C\C=C(/C)OC)COC(N)=O. The number of rotatable bonds is 5. The number of allylic oxidation sites excluding steroid dienone is 3. The maximum atomic E-state index is 10.3. The number of carbonyl (C=O) groups excluding carboxylic acids is 1. The van der Waals surface area contributed by atoms with Crippen molar-refractivity contribution in [2.75, 3.05) is 13.7 Å². The Hall–Kier alpha value is -1.71. The Morgan fingerprint density at radius 2 is 2.14 bits per heavy atom. The maximum absolute atomic E-state index is 10.3. The molecule has 78 valence electrons. The van der Waals surface area contributed by atoms with Crippen LogP contribution in [0.4, 0.5) is 4.79 Å². The van der Waals surface area contributed by atoms with Gasteiger partial charge in [-0.3, -0.25) is 0 Å². The average molecular weight is 197 g/mol. The zero-order chi connectivity index (χ0) is 11.0. The van der Waals surface area contributed by atoms with Gasteiger partial charge in [-0.15, -0.1) is 0 Å². The standard InChI is InChI=1S/C10H15NO3/c1-4-9(7-14-10(11)12)6-5-8(2)13-3/h4-6H,1,7H2,2-3H3,(H2,11,12)/b8-5+,9-6+. The van der Waals surface area contributed by atoms with E-state index >= 15 is 0 Å². The summed E-state index contributed by atoms with van der Waals surface area (Å²) in [6, 6.07) is 0. The van der Waals surface area contributed by atoms with Crippen LogP contribution in [0.2, 0.25) is 0 Å². The number of hydrogen-bond acceptors (Lipinski definition) is 3. The molecule has 0 atom stereocenters. The summed E-state index contributed by atoms with van der Waals surface area (Å²) in [5.74, 6) is 0.753. The molecule has 0 aliphatic rings. The number of amides is 1. The molecule has 2 N–H and O–H groups in total. The molecule has 0 radical (unpaired) electrons. The van der Waals surface area contributed by atoms with Gasteiger partial charge in [0.25, 0.3) is 0 Å². The van der Waals surface area contributed by atoms with Gasteiger partial charge in [-0.05, 0) is 18.6 Å². The first-order valence-corrected chi connectivity index (χ1v) is 4.06. The van der Waals surface area contributed by atoms with Crippen molar-refractivity contribution in [1.29, 1.82) is 0 Å². The molecule has 0 fully saturated rings. The summed E-state index contributed by atoms with van der Waals surface area (Å²) in [6.07, 6.45) is 4.28. The van der Waals surface area contributed by atoms with Gasteiger partial charge in [0.15, 0.2) is 0 Å². The summed E-state index contributed by atoms with van der Waals surface area (Å²) in [5, 5.41) is 0. The lowest BCUT2D eigenvalue weighted by atomic mass is 10.2. The van der Waals surface area contributed by atoms with Crippen molar-refractivity contribution in [2.24, 2.45) is 5.73 Å². The molecule has 0 bridgehead atoms. The Morgan fingerprint density at radius 1 is 1.50 bits per heavy atom.